The van der Waals surface area contributed by atoms with Gasteiger partial charge in [-0.25, -0.2) is 4.39 Å². The van der Waals surface area contributed by atoms with Crippen molar-refractivity contribution in [3.63, 3.8) is 0 Å². The number of nitrogens with two attached hydrogens (primary N) is 1. The molecule has 1 aliphatic heterocycles. The predicted octanol–water partition coefficient (Wildman–Crippen LogP) is 4.66. The number of nitrogens with zero attached hydrogens (tertiary/aromatic N) is 2. The number of halogens is 2. The molecule has 0 aromatic heterocycles. The number of allylic oxidation sites excluding steroid dienone is 3. The Morgan fingerprint density at radius 3 is 2.90 bits per heavy atom. The molecule has 158 valence electrons. The summed E-state index contributed by atoms with van der Waals surface area (Å²) in [5.74, 6) is 0.728. The van der Waals surface area contributed by atoms with Gasteiger partial charge < -0.3 is 20.8 Å². The van der Waals surface area contributed by atoms with E-state index in [9.17, 15) is 4.39 Å². The van der Waals surface area contributed by atoms with Crippen LogP contribution in [-0.2, 0) is 11.4 Å². The number of rotatable bonds is 7. The van der Waals surface area contributed by atoms with Gasteiger partial charge in [-0.3, -0.25) is 0 Å². The van der Waals surface area contributed by atoms with Crippen molar-refractivity contribution >= 4 is 17.4 Å². The molecule has 0 unspecified atom stereocenters. The molecule has 29 heavy (non-hydrogen) atoms. The van der Waals surface area contributed by atoms with Crippen LogP contribution in [0.5, 0.6) is 0 Å². The Bertz CT molecular complexity index is 764. The van der Waals surface area contributed by atoms with Crippen LogP contribution in [0.15, 0.2) is 41.3 Å². The van der Waals surface area contributed by atoms with Crippen LogP contribution in [-0.4, -0.2) is 29.9 Å². The second kappa shape index (κ2) is 10.5. The lowest BCUT2D eigenvalue weighted by molar-refractivity contribution is 0.0328. The summed E-state index contributed by atoms with van der Waals surface area (Å²) in [6, 6.07) is 3.04. The SMILES string of the molecule is CC/C=C/C=C1\NCCN1Cc1c(F)cc(/C(N)=N\OC2CCCCC2)cc1Cl. The summed E-state index contributed by atoms with van der Waals surface area (Å²) < 4.78 is 14.8. The fourth-order valence-electron chi connectivity index (χ4n) is 3.62. The van der Waals surface area contributed by atoms with Gasteiger partial charge in [0.05, 0.1) is 0 Å². The second-order valence-corrected chi connectivity index (χ2v) is 7.90. The van der Waals surface area contributed by atoms with Gasteiger partial charge in [0.15, 0.2) is 5.84 Å². The van der Waals surface area contributed by atoms with Crippen molar-refractivity contribution in [2.24, 2.45) is 10.9 Å². The topological polar surface area (TPSA) is 62.9 Å². The first kappa shape index (κ1) is 21.5. The quantitative estimate of drug-likeness (QED) is 0.382. The molecule has 1 saturated carbocycles. The molecule has 1 aliphatic carbocycles. The molecule has 1 aromatic carbocycles. The highest BCUT2D eigenvalue weighted by Gasteiger charge is 2.20. The molecule has 1 saturated heterocycles. The Balaban J connectivity index is 1.70. The molecule has 0 atom stereocenters. The first-order valence-electron chi connectivity index (χ1n) is 10.4. The van der Waals surface area contributed by atoms with Crippen molar-refractivity contribution in [2.75, 3.05) is 13.1 Å². The number of hydrogen-bond donors (Lipinski definition) is 2. The van der Waals surface area contributed by atoms with E-state index in [4.69, 9.17) is 22.2 Å². The molecule has 7 heteroatoms. The van der Waals surface area contributed by atoms with Gasteiger partial charge in [-0.2, -0.15) is 0 Å². The largest absolute Gasteiger partial charge is 0.391 e. The van der Waals surface area contributed by atoms with Crippen LogP contribution >= 0.6 is 11.6 Å². The maximum absolute atomic E-state index is 14.8. The minimum Gasteiger partial charge on any atom is -0.391 e. The smallest absolute Gasteiger partial charge is 0.170 e. The summed E-state index contributed by atoms with van der Waals surface area (Å²) >= 11 is 6.41. The minimum atomic E-state index is -0.390. The molecular formula is C22H30ClFN4O. The molecule has 3 N–H and O–H groups in total. The van der Waals surface area contributed by atoms with E-state index in [1.165, 1.54) is 12.5 Å². The second-order valence-electron chi connectivity index (χ2n) is 7.50. The van der Waals surface area contributed by atoms with E-state index in [1.807, 2.05) is 12.2 Å². The normalized spacial score (nSPS) is 19.9. The van der Waals surface area contributed by atoms with E-state index in [2.05, 4.69) is 28.4 Å². The van der Waals surface area contributed by atoms with E-state index in [1.54, 1.807) is 6.07 Å². The van der Waals surface area contributed by atoms with Crippen LogP contribution in [0.4, 0.5) is 4.39 Å². The van der Waals surface area contributed by atoms with Crippen molar-refractivity contribution in [3.05, 3.63) is 58.1 Å². The number of nitrogens with one attached hydrogen (secondary N) is 1. The summed E-state index contributed by atoms with van der Waals surface area (Å²) in [4.78, 5) is 7.62. The minimum absolute atomic E-state index is 0.0940. The van der Waals surface area contributed by atoms with Crippen LogP contribution in [0.1, 0.15) is 56.6 Å². The predicted molar refractivity (Wildman–Crippen MR) is 116 cm³/mol. The lowest BCUT2D eigenvalue weighted by Crippen LogP contribution is -2.22. The first-order valence-corrected chi connectivity index (χ1v) is 10.8. The fourth-order valence-corrected chi connectivity index (χ4v) is 3.89. The summed E-state index contributed by atoms with van der Waals surface area (Å²) in [7, 11) is 0. The zero-order valence-electron chi connectivity index (χ0n) is 17.0. The van der Waals surface area contributed by atoms with Gasteiger partial charge in [0, 0.05) is 35.8 Å². The molecule has 5 nitrogen and oxygen atoms in total. The lowest BCUT2D eigenvalue weighted by Gasteiger charge is -2.21. The van der Waals surface area contributed by atoms with Crippen molar-refractivity contribution in [2.45, 2.75) is 58.1 Å². The fraction of sp³-hybridized carbons (Fsp3) is 0.500. The Kier molecular flexibility index (Phi) is 7.81. The number of amidine groups is 1. The zero-order valence-corrected chi connectivity index (χ0v) is 17.7. The molecule has 1 heterocycles. The molecule has 2 aliphatic rings. The standard InChI is InChI=1S/C22H30ClFN4O/c1-2-3-5-10-21-26-11-12-28(21)15-18-19(23)13-16(14-20(18)24)22(25)27-29-17-8-6-4-7-9-17/h3,5,10,13-14,17,26H,2,4,6-9,11-12,15H2,1H3,(H2,25,27)/b5-3+,21-10+. The maximum atomic E-state index is 14.8. The van der Waals surface area contributed by atoms with Gasteiger partial charge in [0.1, 0.15) is 17.7 Å². The van der Waals surface area contributed by atoms with Crippen LogP contribution < -0.4 is 11.1 Å². The third-order valence-corrected chi connectivity index (χ3v) is 5.63. The third kappa shape index (κ3) is 5.89. The molecule has 0 spiro atoms. The van der Waals surface area contributed by atoms with Crippen LogP contribution in [0.25, 0.3) is 0 Å². The van der Waals surface area contributed by atoms with Crippen LogP contribution in [0.3, 0.4) is 0 Å². The van der Waals surface area contributed by atoms with E-state index in [0.717, 1.165) is 51.0 Å². The zero-order chi connectivity index (χ0) is 20.6. The van der Waals surface area contributed by atoms with Gasteiger partial charge in [-0.05, 0) is 50.3 Å². The monoisotopic (exact) mass is 420 g/mol. The van der Waals surface area contributed by atoms with Gasteiger partial charge in [-0.15, -0.1) is 0 Å². The van der Waals surface area contributed by atoms with Crippen LogP contribution in [0, 0.1) is 5.82 Å². The van der Waals surface area contributed by atoms with Crippen molar-refractivity contribution < 1.29 is 9.23 Å². The van der Waals surface area contributed by atoms with Gasteiger partial charge in [0.25, 0.3) is 0 Å². The van der Waals surface area contributed by atoms with Crippen molar-refractivity contribution in [3.8, 4) is 0 Å². The summed E-state index contributed by atoms with van der Waals surface area (Å²) in [6.07, 6.45) is 12.6. The van der Waals surface area contributed by atoms with Gasteiger partial charge in [-0.1, -0.05) is 42.3 Å². The Labute approximate surface area is 177 Å². The summed E-state index contributed by atoms with van der Waals surface area (Å²) in [5.41, 5.74) is 6.90. The third-order valence-electron chi connectivity index (χ3n) is 5.29. The van der Waals surface area contributed by atoms with Gasteiger partial charge >= 0.3 is 0 Å². The molecule has 0 bridgehead atoms. The van der Waals surface area contributed by atoms with Crippen molar-refractivity contribution in [1.82, 2.24) is 10.2 Å². The highest BCUT2D eigenvalue weighted by atomic mass is 35.5. The number of oxime groups is 1. The number of hydrogen-bond acceptors (Lipinski definition) is 4. The Morgan fingerprint density at radius 2 is 2.17 bits per heavy atom. The average molecular weight is 421 g/mol. The van der Waals surface area contributed by atoms with Crippen molar-refractivity contribution in [1.29, 1.82) is 0 Å². The highest BCUT2D eigenvalue weighted by molar-refractivity contribution is 6.31. The van der Waals surface area contributed by atoms with Gasteiger partial charge in [0.2, 0.25) is 0 Å². The highest BCUT2D eigenvalue weighted by Crippen LogP contribution is 2.26. The molecular weight excluding hydrogens is 391 g/mol. The molecule has 3 rings (SSSR count). The Hall–Kier alpha value is -2.21. The van der Waals surface area contributed by atoms with E-state index in [0.29, 0.717) is 22.7 Å². The lowest BCUT2D eigenvalue weighted by atomic mass is 9.98. The Morgan fingerprint density at radius 1 is 1.38 bits per heavy atom. The van der Waals surface area contributed by atoms with E-state index in [-0.39, 0.29) is 11.9 Å². The molecule has 0 radical (unpaired) electrons. The maximum Gasteiger partial charge on any atom is 0.170 e. The summed E-state index contributed by atoms with van der Waals surface area (Å²) in [6.45, 7) is 4.09. The number of benzene rings is 1. The summed E-state index contributed by atoms with van der Waals surface area (Å²) in [5, 5.41) is 7.67. The molecule has 2 fully saturated rings. The molecule has 0 amide bonds. The van der Waals surface area contributed by atoms with Crippen LogP contribution in [0.2, 0.25) is 5.02 Å². The molecule has 1 aromatic rings. The first-order chi connectivity index (χ1) is 14.1. The average Bonchev–Trinajstić information content (AvgIpc) is 3.16. The van der Waals surface area contributed by atoms with E-state index < -0.39 is 5.82 Å². The van der Waals surface area contributed by atoms with E-state index >= 15 is 0 Å².